The molecule has 0 amide bonds. The maximum absolute atomic E-state index is 13.6. The molecule has 8 heteroatoms. The predicted octanol–water partition coefficient (Wildman–Crippen LogP) is 3.08. The first-order valence-corrected chi connectivity index (χ1v) is 6.74. The molecule has 21 heavy (non-hydrogen) atoms. The number of anilines is 1. The topological polar surface area (TPSA) is 83.7 Å². The molecule has 0 spiro atoms. The van der Waals surface area contributed by atoms with Crippen LogP contribution < -0.4 is 4.90 Å². The molecule has 0 bridgehead atoms. The Hall–Kier alpha value is -1.89. The van der Waals surface area contributed by atoms with Gasteiger partial charge in [-0.25, -0.2) is 4.39 Å². The van der Waals surface area contributed by atoms with Crippen LogP contribution in [-0.2, 0) is 4.79 Å². The van der Waals surface area contributed by atoms with Gasteiger partial charge >= 0.3 is 5.97 Å². The Bertz CT molecular complexity index is 610. The smallest absolute Gasteiger partial charge is 0.311 e. The number of carboxylic acid groups (broad SMARTS) is 1. The quantitative estimate of drug-likeness (QED) is 0.684. The van der Waals surface area contributed by atoms with Gasteiger partial charge in [0.1, 0.15) is 11.5 Å². The van der Waals surface area contributed by atoms with Gasteiger partial charge in [0.05, 0.1) is 15.4 Å². The van der Waals surface area contributed by atoms with Gasteiger partial charge < -0.3 is 10.0 Å². The van der Waals surface area contributed by atoms with Gasteiger partial charge in [-0.05, 0) is 19.8 Å². The van der Waals surface area contributed by atoms with Gasteiger partial charge in [0.2, 0.25) is 0 Å². The van der Waals surface area contributed by atoms with Crippen LogP contribution in [0.1, 0.15) is 19.8 Å². The van der Waals surface area contributed by atoms with Crippen molar-refractivity contribution in [3.63, 3.8) is 0 Å². The van der Waals surface area contributed by atoms with Crippen LogP contribution in [0.4, 0.5) is 15.8 Å². The molecule has 1 saturated heterocycles. The van der Waals surface area contributed by atoms with Crippen LogP contribution >= 0.6 is 11.6 Å². The van der Waals surface area contributed by atoms with Crippen molar-refractivity contribution < 1.29 is 19.2 Å². The second kappa shape index (κ2) is 5.48. The van der Waals surface area contributed by atoms with E-state index in [9.17, 15) is 24.4 Å². The van der Waals surface area contributed by atoms with Gasteiger partial charge in [0, 0.05) is 25.2 Å². The van der Waals surface area contributed by atoms with E-state index >= 15 is 0 Å². The van der Waals surface area contributed by atoms with E-state index in [0.717, 1.165) is 12.1 Å². The third kappa shape index (κ3) is 2.92. The normalized spacial score (nSPS) is 22.1. The van der Waals surface area contributed by atoms with Crippen molar-refractivity contribution in [1.82, 2.24) is 0 Å². The Morgan fingerprint density at radius 1 is 1.57 bits per heavy atom. The predicted molar refractivity (Wildman–Crippen MR) is 75.3 cm³/mol. The molecule has 0 aromatic heterocycles. The zero-order valence-corrected chi connectivity index (χ0v) is 12.1. The first-order valence-electron chi connectivity index (χ1n) is 6.36. The van der Waals surface area contributed by atoms with E-state index in [2.05, 4.69) is 0 Å². The van der Waals surface area contributed by atoms with Crippen molar-refractivity contribution in [2.45, 2.75) is 19.8 Å². The summed E-state index contributed by atoms with van der Waals surface area (Å²) in [5.41, 5.74) is -1.27. The van der Waals surface area contributed by atoms with Gasteiger partial charge in [0.25, 0.3) is 5.69 Å². The molecule has 1 N–H and O–H groups in total. The van der Waals surface area contributed by atoms with Crippen LogP contribution in [-0.4, -0.2) is 29.1 Å². The fourth-order valence-electron chi connectivity index (χ4n) is 2.54. The lowest BCUT2D eigenvalue weighted by Gasteiger charge is -2.38. The summed E-state index contributed by atoms with van der Waals surface area (Å²) in [5, 5.41) is 20.1. The van der Waals surface area contributed by atoms with E-state index in [0.29, 0.717) is 19.4 Å². The highest BCUT2D eigenvalue weighted by Crippen LogP contribution is 2.38. The minimum absolute atomic E-state index is 0.0640. The van der Waals surface area contributed by atoms with E-state index in [1.54, 1.807) is 6.92 Å². The van der Waals surface area contributed by atoms with Gasteiger partial charge in [0.15, 0.2) is 0 Å². The molecule has 0 aliphatic carbocycles. The van der Waals surface area contributed by atoms with E-state index < -0.39 is 22.1 Å². The zero-order chi connectivity index (χ0) is 15.8. The van der Waals surface area contributed by atoms with Gasteiger partial charge in [-0.2, -0.15) is 0 Å². The average molecular weight is 317 g/mol. The zero-order valence-electron chi connectivity index (χ0n) is 11.3. The standard InChI is InChI=1S/C13H14ClFN2O4/c1-13(12(18)19)3-2-4-16(7-13)10-6-9(15)8(14)5-11(10)17(20)21/h5-6H,2-4,7H2,1H3,(H,18,19). The fourth-order valence-corrected chi connectivity index (χ4v) is 2.70. The second-order valence-corrected chi connectivity index (χ2v) is 5.81. The summed E-state index contributed by atoms with van der Waals surface area (Å²) in [6, 6.07) is 1.95. The summed E-state index contributed by atoms with van der Waals surface area (Å²) >= 11 is 5.58. The molecule has 1 heterocycles. The monoisotopic (exact) mass is 316 g/mol. The molecule has 6 nitrogen and oxygen atoms in total. The van der Waals surface area contributed by atoms with Crippen molar-refractivity contribution in [2.75, 3.05) is 18.0 Å². The second-order valence-electron chi connectivity index (χ2n) is 5.40. The third-order valence-corrected chi connectivity index (χ3v) is 4.06. The summed E-state index contributed by atoms with van der Waals surface area (Å²) in [6.45, 7) is 2.11. The van der Waals surface area contributed by atoms with Crippen LogP contribution in [0, 0.1) is 21.3 Å². The molecule has 0 saturated carbocycles. The number of halogens is 2. The fraction of sp³-hybridized carbons (Fsp3) is 0.462. The van der Waals surface area contributed by atoms with Gasteiger partial charge in [-0.3, -0.25) is 14.9 Å². The highest BCUT2D eigenvalue weighted by Gasteiger charge is 2.39. The van der Waals surface area contributed by atoms with E-state index in [1.807, 2.05) is 0 Å². The molecule has 1 aliphatic heterocycles. The number of hydrogen-bond donors (Lipinski definition) is 1. The van der Waals surface area contributed by atoms with E-state index in [4.69, 9.17) is 11.6 Å². The molecule has 114 valence electrons. The Morgan fingerprint density at radius 2 is 2.24 bits per heavy atom. The first kappa shape index (κ1) is 15.5. The first-order chi connectivity index (χ1) is 9.74. The summed E-state index contributed by atoms with van der Waals surface area (Å²) < 4.78 is 13.6. The summed E-state index contributed by atoms with van der Waals surface area (Å²) in [6.07, 6.45) is 1.03. The molecular formula is C13H14ClFN2O4. The maximum Gasteiger partial charge on any atom is 0.311 e. The largest absolute Gasteiger partial charge is 0.481 e. The Kier molecular flexibility index (Phi) is 4.04. The lowest BCUT2D eigenvalue weighted by Crippen LogP contribution is -2.46. The SMILES string of the molecule is CC1(C(=O)O)CCCN(c2cc(F)c(Cl)cc2[N+](=O)[O-])C1. The summed E-state index contributed by atoms with van der Waals surface area (Å²) in [7, 11) is 0. The molecule has 0 radical (unpaired) electrons. The Morgan fingerprint density at radius 3 is 2.81 bits per heavy atom. The number of rotatable bonds is 3. The minimum Gasteiger partial charge on any atom is -0.481 e. The number of nitrogens with zero attached hydrogens (tertiary/aromatic N) is 2. The summed E-state index contributed by atoms with van der Waals surface area (Å²) in [5.74, 6) is -1.73. The highest BCUT2D eigenvalue weighted by atomic mass is 35.5. The van der Waals surface area contributed by atoms with Crippen LogP contribution in [0.15, 0.2) is 12.1 Å². The van der Waals surface area contributed by atoms with Crippen molar-refractivity contribution in [2.24, 2.45) is 5.41 Å². The van der Waals surface area contributed by atoms with Gasteiger partial charge in [-0.1, -0.05) is 11.6 Å². The lowest BCUT2D eigenvalue weighted by molar-refractivity contribution is -0.384. The number of hydrogen-bond acceptors (Lipinski definition) is 4. The number of aliphatic carboxylic acids is 1. The van der Waals surface area contributed by atoms with Crippen LogP contribution in [0.2, 0.25) is 5.02 Å². The van der Waals surface area contributed by atoms with E-state index in [1.165, 1.54) is 4.90 Å². The molecule has 2 rings (SSSR count). The number of nitro benzene ring substituents is 1. The highest BCUT2D eigenvalue weighted by molar-refractivity contribution is 6.31. The molecule has 1 fully saturated rings. The number of carboxylic acids is 1. The number of nitro groups is 1. The molecular weight excluding hydrogens is 303 g/mol. The third-order valence-electron chi connectivity index (χ3n) is 3.77. The van der Waals surface area contributed by atoms with Crippen molar-refractivity contribution in [3.8, 4) is 0 Å². The average Bonchev–Trinajstić information content (AvgIpc) is 2.41. The van der Waals surface area contributed by atoms with Crippen LogP contribution in [0.3, 0.4) is 0 Å². The van der Waals surface area contributed by atoms with Crippen molar-refractivity contribution in [1.29, 1.82) is 0 Å². The maximum atomic E-state index is 13.6. The summed E-state index contributed by atoms with van der Waals surface area (Å²) in [4.78, 5) is 23.3. The minimum atomic E-state index is -1.01. The number of benzene rings is 1. The number of carbonyl (C=O) groups is 1. The Labute approximate surface area is 125 Å². The lowest BCUT2D eigenvalue weighted by atomic mass is 9.82. The van der Waals surface area contributed by atoms with Crippen LogP contribution in [0.5, 0.6) is 0 Å². The molecule has 1 aromatic rings. The van der Waals surface area contributed by atoms with Crippen molar-refractivity contribution >= 4 is 28.9 Å². The molecule has 1 atom stereocenters. The van der Waals surface area contributed by atoms with Gasteiger partial charge in [-0.15, -0.1) is 0 Å². The molecule has 1 unspecified atom stereocenters. The Balaban J connectivity index is 2.44. The number of piperidine rings is 1. The van der Waals surface area contributed by atoms with Crippen LogP contribution in [0.25, 0.3) is 0 Å². The molecule has 1 aromatic carbocycles. The van der Waals surface area contributed by atoms with E-state index in [-0.39, 0.29) is 22.9 Å². The molecule has 1 aliphatic rings. The van der Waals surface area contributed by atoms with Crippen molar-refractivity contribution in [3.05, 3.63) is 33.1 Å².